The van der Waals surface area contributed by atoms with Crippen molar-refractivity contribution < 1.29 is 18.3 Å². The van der Waals surface area contributed by atoms with E-state index in [1.807, 2.05) is 23.1 Å². The Kier molecular flexibility index (Phi) is 5.13. The molecule has 9 heteroatoms. The second-order valence-corrected chi connectivity index (χ2v) is 8.99. The number of amides is 1. The van der Waals surface area contributed by atoms with E-state index in [0.29, 0.717) is 31.1 Å². The molecule has 2 atom stereocenters. The molecule has 1 aromatic carbocycles. The van der Waals surface area contributed by atoms with Gasteiger partial charge in [-0.25, -0.2) is 0 Å². The number of fused-ring (bicyclic) bond motifs is 4. The van der Waals surface area contributed by atoms with Crippen LogP contribution in [0.2, 0.25) is 0 Å². The summed E-state index contributed by atoms with van der Waals surface area (Å²) in [5, 5.41) is 4.05. The summed E-state index contributed by atoms with van der Waals surface area (Å²) < 4.78 is 34.9. The highest BCUT2D eigenvalue weighted by molar-refractivity contribution is 7.13. The van der Waals surface area contributed by atoms with E-state index in [1.54, 1.807) is 0 Å². The van der Waals surface area contributed by atoms with Crippen molar-refractivity contribution in [3.05, 3.63) is 23.9 Å². The molecule has 1 N–H and O–H groups in total. The number of rotatable bonds is 5. The van der Waals surface area contributed by atoms with Crippen molar-refractivity contribution >= 4 is 33.2 Å². The lowest BCUT2D eigenvalue weighted by molar-refractivity contribution is -0.156. The number of nitrogens with one attached hydrogen (secondary N) is 1. The highest BCUT2D eigenvalue weighted by atomic mass is 32.1. The van der Waals surface area contributed by atoms with Gasteiger partial charge < -0.3 is 19.9 Å². The molecule has 1 amide bonds. The Hall–Kier alpha value is -1.84. The quantitative estimate of drug-likeness (QED) is 0.803. The molecule has 29 heavy (non-hydrogen) atoms. The fraction of sp³-hybridized carbons (Fsp3) is 0.600. The van der Waals surface area contributed by atoms with Gasteiger partial charge in [-0.05, 0) is 68.0 Å². The number of hydrogen-bond donors (Lipinski definition) is 1. The van der Waals surface area contributed by atoms with Gasteiger partial charge in [0, 0.05) is 36.7 Å². The smallest absolute Gasteiger partial charge is 0.345 e. The number of alkyl halides is 2. The van der Waals surface area contributed by atoms with Crippen LogP contribution in [-0.2, 0) is 4.74 Å². The molecule has 4 fully saturated rings. The molecule has 0 saturated carbocycles. The van der Waals surface area contributed by atoms with Gasteiger partial charge in [-0.15, -0.1) is 0 Å². The van der Waals surface area contributed by atoms with Crippen LogP contribution in [0.3, 0.4) is 0 Å². The minimum absolute atomic E-state index is 0.102. The molecule has 0 spiro atoms. The largest absolute Gasteiger partial charge is 0.369 e. The first kappa shape index (κ1) is 19.1. The average Bonchev–Trinajstić information content (AvgIpc) is 3.35. The van der Waals surface area contributed by atoms with Crippen molar-refractivity contribution in [3.63, 3.8) is 0 Å². The zero-order valence-corrected chi connectivity index (χ0v) is 16.8. The third-order valence-electron chi connectivity index (χ3n) is 6.45. The van der Waals surface area contributed by atoms with Crippen LogP contribution in [-0.4, -0.2) is 66.7 Å². The molecule has 4 saturated heterocycles. The van der Waals surface area contributed by atoms with Gasteiger partial charge in [0.15, 0.2) is 0 Å². The monoisotopic (exact) mass is 422 g/mol. The number of aromatic nitrogens is 1. The summed E-state index contributed by atoms with van der Waals surface area (Å²) in [5.74, 6) is 0.466. The first-order chi connectivity index (χ1) is 14.1. The fourth-order valence-electron chi connectivity index (χ4n) is 4.87. The molecular formula is C20H24F2N4O2S. The highest BCUT2D eigenvalue weighted by Gasteiger charge is 2.35. The lowest BCUT2D eigenvalue weighted by Crippen LogP contribution is -2.57. The molecule has 0 radical (unpaired) electrons. The van der Waals surface area contributed by atoms with Gasteiger partial charge in [-0.3, -0.25) is 4.79 Å². The van der Waals surface area contributed by atoms with E-state index < -0.39 is 12.7 Å². The van der Waals surface area contributed by atoms with E-state index in [-0.39, 0.29) is 11.9 Å². The van der Waals surface area contributed by atoms with E-state index in [1.165, 1.54) is 11.5 Å². The Morgan fingerprint density at radius 2 is 2.03 bits per heavy atom. The van der Waals surface area contributed by atoms with Crippen LogP contribution in [0.4, 0.5) is 14.5 Å². The molecule has 1 aromatic heterocycles. The molecule has 4 aliphatic heterocycles. The number of halogens is 2. The zero-order chi connectivity index (χ0) is 20.0. The summed E-state index contributed by atoms with van der Waals surface area (Å²) >= 11 is 1.30. The molecule has 2 bridgehead atoms. The minimum Gasteiger partial charge on any atom is -0.369 e. The number of carbonyl (C=O) groups is 1. The molecule has 156 valence electrons. The average molecular weight is 423 g/mol. The highest BCUT2D eigenvalue weighted by Crippen LogP contribution is 2.31. The second kappa shape index (κ2) is 7.77. The molecule has 6 nitrogen and oxygen atoms in total. The van der Waals surface area contributed by atoms with Crippen LogP contribution in [0.15, 0.2) is 18.2 Å². The van der Waals surface area contributed by atoms with Crippen molar-refractivity contribution in [3.8, 4) is 0 Å². The van der Waals surface area contributed by atoms with E-state index in [0.717, 1.165) is 48.2 Å². The Balaban J connectivity index is 1.29. The molecular weight excluding hydrogens is 398 g/mol. The number of nitrogens with zero attached hydrogens (tertiary/aromatic N) is 3. The van der Waals surface area contributed by atoms with Crippen molar-refractivity contribution in [2.45, 2.75) is 38.0 Å². The second-order valence-electron chi connectivity index (χ2n) is 8.18. The Morgan fingerprint density at radius 1 is 1.21 bits per heavy atom. The Bertz CT molecular complexity index is 900. The first-order valence-corrected chi connectivity index (χ1v) is 11.0. The molecule has 5 heterocycles. The van der Waals surface area contributed by atoms with Gasteiger partial charge in [-0.2, -0.15) is 13.2 Å². The standard InChI is InChI=1S/C20H24F2N4O2S/c21-20(22)28-14-5-8-26(10-14)13-1-2-15-17(9-13)29-24-18(15)19(27)23-16-11-25-6-3-12(16)4-7-25/h1-2,9,12,14,16,20H,3-8,10-11H2,(H,23,27)/t14?,16-/m1/s1. The van der Waals surface area contributed by atoms with Crippen molar-refractivity contribution in [1.82, 2.24) is 14.6 Å². The number of piperidine rings is 3. The van der Waals surface area contributed by atoms with Crippen LogP contribution < -0.4 is 10.2 Å². The normalized spacial score (nSPS) is 29.1. The SMILES string of the molecule is O=C(N[C@@H]1CN2CCC1CC2)c1nsc2cc(N3CCC(OC(F)F)C3)ccc12. The number of hydrogen-bond acceptors (Lipinski definition) is 6. The number of benzene rings is 1. The third kappa shape index (κ3) is 3.83. The summed E-state index contributed by atoms with van der Waals surface area (Å²) in [7, 11) is 0. The molecule has 2 aromatic rings. The molecule has 6 rings (SSSR count). The maximum Gasteiger partial charge on any atom is 0.345 e. The maximum atomic E-state index is 12.9. The predicted molar refractivity (Wildman–Crippen MR) is 108 cm³/mol. The number of anilines is 1. The Labute approximate surface area is 172 Å². The van der Waals surface area contributed by atoms with E-state index in [4.69, 9.17) is 0 Å². The summed E-state index contributed by atoms with van der Waals surface area (Å²) in [6.07, 6.45) is 2.43. The van der Waals surface area contributed by atoms with Crippen molar-refractivity contribution in [2.75, 3.05) is 37.6 Å². The minimum atomic E-state index is -2.74. The molecule has 4 aliphatic rings. The molecule has 1 unspecified atom stereocenters. The topological polar surface area (TPSA) is 57.7 Å². The summed E-state index contributed by atoms with van der Waals surface area (Å²) in [6.45, 7) is 1.59. The van der Waals surface area contributed by atoms with Crippen LogP contribution in [0.5, 0.6) is 0 Å². The van der Waals surface area contributed by atoms with Crippen LogP contribution in [0, 0.1) is 5.92 Å². The van der Waals surface area contributed by atoms with Crippen molar-refractivity contribution in [2.24, 2.45) is 5.92 Å². The number of ether oxygens (including phenoxy) is 1. The van der Waals surface area contributed by atoms with Crippen LogP contribution >= 0.6 is 11.5 Å². The maximum absolute atomic E-state index is 12.9. The summed E-state index contributed by atoms with van der Waals surface area (Å²) in [6, 6.07) is 6.05. The fourth-order valence-corrected chi connectivity index (χ4v) is 5.68. The van der Waals surface area contributed by atoms with Gasteiger partial charge >= 0.3 is 6.61 Å². The predicted octanol–water partition coefficient (Wildman–Crippen LogP) is 2.94. The lowest BCUT2D eigenvalue weighted by atomic mass is 9.84. The van der Waals surface area contributed by atoms with Gasteiger partial charge in [-0.1, -0.05) is 0 Å². The zero-order valence-electron chi connectivity index (χ0n) is 16.0. The van der Waals surface area contributed by atoms with Gasteiger partial charge in [0.2, 0.25) is 0 Å². The third-order valence-corrected chi connectivity index (χ3v) is 7.26. The van der Waals surface area contributed by atoms with E-state index in [2.05, 4.69) is 19.3 Å². The van der Waals surface area contributed by atoms with E-state index >= 15 is 0 Å². The van der Waals surface area contributed by atoms with Crippen LogP contribution in [0.1, 0.15) is 29.8 Å². The first-order valence-electron chi connectivity index (χ1n) is 10.2. The number of carbonyl (C=O) groups excluding carboxylic acids is 1. The van der Waals surface area contributed by atoms with Gasteiger partial charge in [0.1, 0.15) is 5.69 Å². The lowest BCUT2D eigenvalue weighted by Gasteiger charge is -2.44. The summed E-state index contributed by atoms with van der Waals surface area (Å²) in [4.78, 5) is 17.3. The van der Waals surface area contributed by atoms with Gasteiger partial charge in [0.05, 0.1) is 10.8 Å². The summed E-state index contributed by atoms with van der Waals surface area (Å²) in [5.41, 5.74) is 1.43. The van der Waals surface area contributed by atoms with Crippen molar-refractivity contribution in [1.29, 1.82) is 0 Å². The Morgan fingerprint density at radius 3 is 2.76 bits per heavy atom. The van der Waals surface area contributed by atoms with Gasteiger partial charge in [0.25, 0.3) is 5.91 Å². The molecule has 0 aliphatic carbocycles. The van der Waals surface area contributed by atoms with Crippen LogP contribution in [0.25, 0.3) is 10.1 Å². The van der Waals surface area contributed by atoms with E-state index in [9.17, 15) is 13.6 Å².